The van der Waals surface area contributed by atoms with Gasteiger partial charge in [0.15, 0.2) is 0 Å². The first-order valence-corrected chi connectivity index (χ1v) is 25.2. The molecule has 4 heteroatoms. The summed E-state index contributed by atoms with van der Waals surface area (Å²) in [5, 5.41) is 13.3. The number of rotatable bonds is 6. The molecule has 0 aromatic heterocycles. The highest BCUT2D eigenvalue weighted by atomic mass is 16.5. The molecule has 300 valence electrons. The molecule has 10 fully saturated rings. The van der Waals surface area contributed by atoms with Gasteiger partial charge in [-0.15, -0.1) is 0 Å². The Balaban J connectivity index is 0.878. The Kier molecular flexibility index (Phi) is 11.9. The van der Waals surface area contributed by atoms with Gasteiger partial charge in [-0.1, -0.05) is 135 Å². The minimum atomic E-state index is 0.489. The van der Waals surface area contributed by atoms with Gasteiger partial charge in [0.1, 0.15) is 0 Å². The molecule has 0 radical (unpaired) electrons. The Morgan fingerprint density at radius 3 is 1.34 bits per heavy atom. The molecule has 8 saturated carbocycles. The van der Waals surface area contributed by atoms with E-state index in [1.807, 2.05) is 0 Å². The third-order valence-corrected chi connectivity index (χ3v) is 19.4. The first-order valence-electron chi connectivity index (χ1n) is 25.2. The van der Waals surface area contributed by atoms with Crippen LogP contribution in [0.5, 0.6) is 0 Å². The Hall–Kier alpha value is -0.160. The fourth-order valence-electron chi connectivity index (χ4n) is 16.9. The molecule has 10 rings (SSSR count). The molecule has 2 saturated heterocycles. The van der Waals surface area contributed by atoms with Gasteiger partial charge in [0, 0.05) is 0 Å². The van der Waals surface area contributed by atoms with Gasteiger partial charge in [-0.3, -0.25) is 16.0 Å². The maximum atomic E-state index is 7.67. The highest BCUT2D eigenvalue weighted by molar-refractivity contribution is 5.08. The summed E-state index contributed by atoms with van der Waals surface area (Å²) in [6.07, 6.45) is 48.8. The van der Waals surface area contributed by atoms with Gasteiger partial charge in [0.2, 0.25) is 0 Å². The van der Waals surface area contributed by atoms with E-state index >= 15 is 0 Å². The quantitative estimate of drug-likeness (QED) is 0.255. The lowest BCUT2D eigenvalue weighted by atomic mass is 9.56. The molecule has 8 aliphatic carbocycles. The maximum Gasteiger partial charge on any atom is 0.0641 e. The fourth-order valence-corrected chi connectivity index (χ4v) is 16.9. The Morgan fingerprint density at radius 2 is 0.660 bits per heavy atom. The van der Waals surface area contributed by atoms with Crippen LogP contribution in [0.15, 0.2) is 0 Å². The standard InChI is InChI=1S/C49H83N3O/c1-4-15-32(16-5-1)35-21-12-23-37(29-35)39-27-14-28-42-43-31-44(40-25-10-11-26-41(40)46(43)53-45(39)42)49-51-47(34-19-8-3-9-20-34)50-48(52-49)38-24-13-22-36(30-38)33-17-6-2-7-18-33/h32-52H,1-31H2. The molecule has 0 amide bonds. The molecule has 0 bridgehead atoms. The third kappa shape index (κ3) is 7.76. The van der Waals surface area contributed by atoms with E-state index in [2.05, 4.69) is 16.0 Å². The zero-order valence-corrected chi connectivity index (χ0v) is 34.2. The summed E-state index contributed by atoms with van der Waals surface area (Å²) in [7, 11) is 0. The highest BCUT2D eigenvalue weighted by Crippen LogP contribution is 2.59. The summed E-state index contributed by atoms with van der Waals surface area (Å²) in [6.45, 7) is 0. The van der Waals surface area contributed by atoms with Gasteiger partial charge in [0.25, 0.3) is 0 Å². The SMILES string of the molecule is C1CCC(C2CCCC(C3NC(C4CCCCC4)NC(C4CC5C6CCCC(C7CCCC(C8CCCCC8)C7)C6OC5C5CCCCC45)N3)C2)CC1. The van der Waals surface area contributed by atoms with Crippen molar-refractivity contribution in [2.24, 2.45) is 76.9 Å². The molecular weight excluding hydrogens is 647 g/mol. The van der Waals surface area contributed by atoms with E-state index in [0.29, 0.717) is 30.7 Å². The number of hydrogen-bond acceptors (Lipinski definition) is 4. The van der Waals surface area contributed by atoms with Crippen LogP contribution in [-0.2, 0) is 4.74 Å². The van der Waals surface area contributed by atoms with Crippen molar-refractivity contribution in [1.82, 2.24) is 16.0 Å². The second-order valence-electron chi connectivity index (χ2n) is 22.0. The lowest BCUT2D eigenvalue weighted by Crippen LogP contribution is -2.73. The average molecular weight is 730 g/mol. The van der Waals surface area contributed by atoms with Crippen LogP contribution >= 0.6 is 0 Å². The largest absolute Gasteiger partial charge is 0.374 e. The summed E-state index contributed by atoms with van der Waals surface area (Å²) in [5.74, 6) is 11.7. The summed E-state index contributed by atoms with van der Waals surface area (Å²) in [6, 6.07) is 0. The molecule has 2 heterocycles. The summed E-state index contributed by atoms with van der Waals surface area (Å²) in [5.41, 5.74) is 0. The molecule has 10 aliphatic rings. The fraction of sp³-hybridized carbons (Fsp3) is 1.00. The first kappa shape index (κ1) is 37.1. The first-order chi connectivity index (χ1) is 26.3. The number of nitrogens with one attached hydrogen (secondary N) is 3. The topological polar surface area (TPSA) is 45.3 Å². The zero-order valence-electron chi connectivity index (χ0n) is 34.2. The lowest BCUT2D eigenvalue weighted by molar-refractivity contribution is -0.104. The van der Waals surface area contributed by atoms with E-state index in [1.165, 1.54) is 173 Å². The molecule has 53 heavy (non-hydrogen) atoms. The molecule has 0 aromatic carbocycles. The maximum absolute atomic E-state index is 7.67. The van der Waals surface area contributed by atoms with Crippen LogP contribution in [0.25, 0.3) is 0 Å². The van der Waals surface area contributed by atoms with Crippen LogP contribution in [0.3, 0.4) is 0 Å². The van der Waals surface area contributed by atoms with Crippen molar-refractivity contribution in [2.45, 2.75) is 230 Å². The van der Waals surface area contributed by atoms with Crippen LogP contribution < -0.4 is 16.0 Å². The molecule has 15 atom stereocenters. The van der Waals surface area contributed by atoms with Gasteiger partial charge in [0.05, 0.1) is 30.7 Å². The molecule has 2 aliphatic heterocycles. The minimum Gasteiger partial charge on any atom is -0.374 e. The van der Waals surface area contributed by atoms with Crippen molar-refractivity contribution in [1.29, 1.82) is 0 Å². The van der Waals surface area contributed by atoms with Crippen LogP contribution in [0.2, 0.25) is 0 Å². The molecule has 15 unspecified atom stereocenters. The van der Waals surface area contributed by atoms with Crippen molar-refractivity contribution < 1.29 is 4.74 Å². The van der Waals surface area contributed by atoms with E-state index < -0.39 is 0 Å². The predicted molar refractivity (Wildman–Crippen MR) is 218 cm³/mol. The van der Waals surface area contributed by atoms with E-state index in [9.17, 15) is 0 Å². The van der Waals surface area contributed by atoms with Crippen LogP contribution in [0, 0.1) is 76.9 Å². The number of fused-ring (bicyclic) bond motifs is 5. The molecular formula is C49H83N3O. The molecule has 3 N–H and O–H groups in total. The van der Waals surface area contributed by atoms with Crippen molar-refractivity contribution in [3.63, 3.8) is 0 Å². The molecule has 0 spiro atoms. The summed E-state index contributed by atoms with van der Waals surface area (Å²) in [4.78, 5) is 0. The second-order valence-corrected chi connectivity index (χ2v) is 22.0. The van der Waals surface area contributed by atoms with Crippen molar-refractivity contribution in [3.05, 3.63) is 0 Å². The summed E-state index contributed by atoms with van der Waals surface area (Å²) >= 11 is 0. The Labute approximate surface area is 326 Å². The normalized spacial score (nSPS) is 49.5. The van der Waals surface area contributed by atoms with Gasteiger partial charge in [-0.2, -0.15) is 0 Å². The number of hydrogen-bond donors (Lipinski definition) is 3. The average Bonchev–Trinajstić information content (AvgIpc) is 3.63. The van der Waals surface area contributed by atoms with E-state index in [1.54, 1.807) is 25.7 Å². The van der Waals surface area contributed by atoms with E-state index in [-0.39, 0.29) is 0 Å². The smallest absolute Gasteiger partial charge is 0.0641 e. The van der Waals surface area contributed by atoms with Crippen molar-refractivity contribution >= 4 is 0 Å². The third-order valence-electron chi connectivity index (χ3n) is 19.4. The minimum absolute atomic E-state index is 0.489. The van der Waals surface area contributed by atoms with Gasteiger partial charge in [-0.25, -0.2) is 0 Å². The Bertz CT molecular complexity index is 1160. The Morgan fingerprint density at radius 1 is 0.245 bits per heavy atom. The van der Waals surface area contributed by atoms with Gasteiger partial charge >= 0.3 is 0 Å². The van der Waals surface area contributed by atoms with E-state index in [4.69, 9.17) is 4.74 Å². The molecule has 4 nitrogen and oxygen atoms in total. The van der Waals surface area contributed by atoms with Gasteiger partial charge in [-0.05, 0) is 141 Å². The summed E-state index contributed by atoms with van der Waals surface area (Å²) < 4.78 is 7.67. The second kappa shape index (κ2) is 17.0. The highest BCUT2D eigenvalue weighted by Gasteiger charge is 2.59. The van der Waals surface area contributed by atoms with Crippen LogP contribution in [0.4, 0.5) is 0 Å². The zero-order chi connectivity index (χ0) is 35.1. The van der Waals surface area contributed by atoms with Gasteiger partial charge < -0.3 is 4.74 Å². The van der Waals surface area contributed by atoms with Crippen molar-refractivity contribution in [3.8, 4) is 0 Å². The van der Waals surface area contributed by atoms with Crippen molar-refractivity contribution in [2.75, 3.05) is 0 Å². The van der Waals surface area contributed by atoms with Crippen LogP contribution in [-0.4, -0.2) is 30.7 Å². The molecule has 0 aromatic rings. The van der Waals surface area contributed by atoms with E-state index in [0.717, 1.165) is 76.9 Å². The van der Waals surface area contributed by atoms with Crippen LogP contribution in [0.1, 0.15) is 199 Å². The predicted octanol–water partition coefficient (Wildman–Crippen LogP) is 11.7. The number of ether oxygens (including phenoxy) is 1. The lowest BCUT2D eigenvalue weighted by Gasteiger charge is -2.54. The monoisotopic (exact) mass is 730 g/mol.